The Morgan fingerprint density at radius 2 is 2.06 bits per heavy atom. The lowest BCUT2D eigenvalue weighted by molar-refractivity contribution is -0.151. The summed E-state index contributed by atoms with van der Waals surface area (Å²) in [7, 11) is 1.76. The highest BCUT2D eigenvalue weighted by molar-refractivity contribution is 7.99. The SMILES string of the molecule is CCOC(=O)C1CCCN(C(=O)CCCSc2nc(C)c(Cc3cccc(C)c3)c(=O)n2C)C1. The van der Waals surface area contributed by atoms with Crippen LogP contribution in [0.25, 0.3) is 0 Å². The van der Waals surface area contributed by atoms with Crippen LogP contribution >= 0.6 is 11.8 Å². The van der Waals surface area contributed by atoms with E-state index in [1.807, 2.05) is 32.0 Å². The number of carbonyl (C=O) groups is 2. The van der Waals surface area contributed by atoms with Crippen LogP contribution in [0.4, 0.5) is 0 Å². The maximum Gasteiger partial charge on any atom is 0.310 e. The lowest BCUT2D eigenvalue weighted by Crippen LogP contribution is -2.42. The molecule has 1 aromatic carbocycles. The van der Waals surface area contributed by atoms with Crippen molar-refractivity contribution in [3.8, 4) is 0 Å². The first-order chi connectivity index (χ1) is 16.3. The molecule has 1 aromatic heterocycles. The molecule has 0 spiro atoms. The van der Waals surface area contributed by atoms with Gasteiger partial charge in [-0.15, -0.1) is 0 Å². The average molecular weight is 486 g/mol. The van der Waals surface area contributed by atoms with Crippen LogP contribution in [0.15, 0.2) is 34.2 Å². The minimum Gasteiger partial charge on any atom is -0.466 e. The Bertz CT molecular complexity index is 1080. The average Bonchev–Trinajstić information content (AvgIpc) is 2.82. The molecule has 8 heteroatoms. The maximum absolute atomic E-state index is 13.0. The van der Waals surface area contributed by atoms with E-state index in [1.54, 1.807) is 23.4 Å². The number of likely N-dealkylation sites (tertiary alicyclic amines) is 1. The molecule has 1 atom stereocenters. The van der Waals surface area contributed by atoms with Gasteiger partial charge in [-0.1, -0.05) is 41.6 Å². The van der Waals surface area contributed by atoms with Crippen LogP contribution in [0.1, 0.15) is 55.0 Å². The highest BCUT2D eigenvalue weighted by Gasteiger charge is 2.29. The zero-order valence-corrected chi connectivity index (χ0v) is 21.5. The van der Waals surface area contributed by atoms with E-state index in [0.29, 0.717) is 55.4 Å². The van der Waals surface area contributed by atoms with Gasteiger partial charge in [-0.2, -0.15) is 0 Å². The molecular formula is C26H35N3O4S. The second-order valence-electron chi connectivity index (χ2n) is 8.87. The Morgan fingerprint density at radius 1 is 1.26 bits per heavy atom. The van der Waals surface area contributed by atoms with Crippen molar-refractivity contribution >= 4 is 23.6 Å². The molecule has 184 valence electrons. The van der Waals surface area contributed by atoms with E-state index < -0.39 is 0 Å². The summed E-state index contributed by atoms with van der Waals surface area (Å²) in [6.45, 7) is 7.23. The van der Waals surface area contributed by atoms with Gasteiger partial charge in [0.1, 0.15) is 0 Å². The van der Waals surface area contributed by atoms with Crippen LogP contribution in [0.5, 0.6) is 0 Å². The molecule has 1 aliphatic heterocycles. The number of amides is 1. The van der Waals surface area contributed by atoms with Gasteiger partial charge in [0.2, 0.25) is 5.91 Å². The zero-order chi connectivity index (χ0) is 24.7. The predicted molar refractivity (Wildman–Crippen MR) is 134 cm³/mol. The molecule has 1 amide bonds. The summed E-state index contributed by atoms with van der Waals surface area (Å²) in [5.74, 6) is 0.342. The van der Waals surface area contributed by atoms with Crippen molar-refractivity contribution in [1.82, 2.24) is 14.5 Å². The second kappa shape index (κ2) is 12.2. The minimum absolute atomic E-state index is 0.0223. The fraction of sp³-hybridized carbons (Fsp3) is 0.538. The predicted octanol–water partition coefficient (Wildman–Crippen LogP) is 3.66. The Labute approximate surface area is 205 Å². The minimum atomic E-state index is -0.216. The number of thioether (sulfide) groups is 1. The Balaban J connectivity index is 1.53. The molecule has 0 radical (unpaired) electrons. The van der Waals surface area contributed by atoms with Crippen molar-refractivity contribution in [2.45, 2.75) is 58.0 Å². The van der Waals surface area contributed by atoms with E-state index in [1.165, 1.54) is 17.3 Å². The van der Waals surface area contributed by atoms with Gasteiger partial charge in [-0.25, -0.2) is 4.98 Å². The molecule has 0 saturated carbocycles. The van der Waals surface area contributed by atoms with Gasteiger partial charge >= 0.3 is 5.97 Å². The van der Waals surface area contributed by atoms with E-state index in [4.69, 9.17) is 4.74 Å². The molecule has 2 heterocycles. The Kier molecular flexibility index (Phi) is 9.33. The van der Waals surface area contributed by atoms with Gasteiger partial charge in [-0.3, -0.25) is 19.0 Å². The highest BCUT2D eigenvalue weighted by atomic mass is 32.2. The Morgan fingerprint density at radius 3 is 2.79 bits per heavy atom. The fourth-order valence-corrected chi connectivity index (χ4v) is 5.24. The van der Waals surface area contributed by atoms with Crippen molar-refractivity contribution in [1.29, 1.82) is 0 Å². The molecule has 1 aliphatic rings. The number of piperidine rings is 1. The number of benzene rings is 1. The number of hydrogen-bond acceptors (Lipinski definition) is 6. The third-order valence-corrected chi connectivity index (χ3v) is 7.29. The summed E-state index contributed by atoms with van der Waals surface area (Å²) in [6, 6.07) is 8.17. The van der Waals surface area contributed by atoms with Crippen LogP contribution in [0.3, 0.4) is 0 Å². The molecule has 0 aliphatic carbocycles. The van der Waals surface area contributed by atoms with E-state index in [-0.39, 0.29) is 23.4 Å². The molecule has 7 nitrogen and oxygen atoms in total. The third-order valence-electron chi connectivity index (χ3n) is 6.17. The van der Waals surface area contributed by atoms with Crippen molar-refractivity contribution in [3.63, 3.8) is 0 Å². The monoisotopic (exact) mass is 485 g/mol. The Hall–Kier alpha value is -2.61. The fourth-order valence-electron chi connectivity index (χ4n) is 4.29. The largest absolute Gasteiger partial charge is 0.466 e. The first-order valence-corrected chi connectivity index (χ1v) is 13.0. The molecule has 0 N–H and O–H groups in total. The van der Waals surface area contributed by atoms with Crippen molar-refractivity contribution in [2.75, 3.05) is 25.4 Å². The molecule has 34 heavy (non-hydrogen) atoms. The summed E-state index contributed by atoms with van der Waals surface area (Å²) < 4.78 is 6.73. The number of hydrogen-bond donors (Lipinski definition) is 0. The smallest absolute Gasteiger partial charge is 0.310 e. The van der Waals surface area contributed by atoms with E-state index >= 15 is 0 Å². The van der Waals surface area contributed by atoms with Crippen molar-refractivity contribution in [2.24, 2.45) is 13.0 Å². The van der Waals surface area contributed by atoms with Crippen LogP contribution < -0.4 is 5.56 Å². The third kappa shape index (κ3) is 6.72. The molecule has 3 rings (SSSR count). The number of aryl methyl sites for hydroxylation is 2. The maximum atomic E-state index is 13.0. The summed E-state index contributed by atoms with van der Waals surface area (Å²) in [6.07, 6.45) is 3.27. The summed E-state index contributed by atoms with van der Waals surface area (Å²) in [5.41, 5.74) is 3.72. The number of ether oxygens (including phenoxy) is 1. The van der Waals surface area contributed by atoms with E-state index in [2.05, 4.69) is 11.1 Å². The summed E-state index contributed by atoms with van der Waals surface area (Å²) in [4.78, 5) is 44.1. The van der Waals surface area contributed by atoms with Gasteiger partial charge in [0.25, 0.3) is 5.56 Å². The van der Waals surface area contributed by atoms with Gasteiger partial charge in [0.05, 0.1) is 12.5 Å². The van der Waals surface area contributed by atoms with E-state index in [0.717, 1.165) is 24.1 Å². The van der Waals surface area contributed by atoms with E-state index in [9.17, 15) is 14.4 Å². The number of esters is 1. The van der Waals surface area contributed by atoms with Crippen LogP contribution in [-0.4, -0.2) is 51.8 Å². The topological polar surface area (TPSA) is 81.5 Å². The molecule has 1 fully saturated rings. The first-order valence-electron chi connectivity index (χ1n) is 12.0. The van der Waals surface area contributed by atoms with Gasteiger partial charge in [0, 0.05) is 50.0 Å². The van der Waals surface area contributed by atoms with Gasteiger partial charge in [0.15, 0.2) is 5.16 Å². The molecule has 0 bridgehead atoms. The van der Waals surface area contributed by atoms with Crippen molar-refractivity contribution in [3.05, 3.63) is 57.0 Å². The number of aromatic nitrogens is 2. The molecule has 1 unspecified atom stereocenters. The normalized spacial score (nSPS) is 15.9. The first kappa shape index (κ1) is 26.0. The number of carbonyl (C=O) groups excluding carboxylic acids is 2. The number of rotatable bonds is 9. The van der Waals surface area contributed by atoms with Crippen molar-refractivity contribution < 1.29 is 14.3 Å². The lowest BCUT2D eigenvalue weighted by atomic mass is 9.98. The second-order valence-corrected chi connectivity index (χ2v) is 9.93. The molecule has 2 aromatic rings. The van der Waals surface area contributed by atoms with Crippen LogP contribution in [0.2, 0.25) is 0 Å². The standard InChI is InChI=1S/C26H35N3O4S/c1-5-33-25(32)21-11-7-13-29(17-21)23(30)12-8-14-34-26-27-19(3)22(24(31)28(26)4)16-20-10-6-9-18(2)15-20/h6,9-10,15,21H,5,7-8,11-14,16-17H2,1-4H3. The summed E-state index contributed by atoms with van der Waals surface area (Å²) in [5, 5.41) is 0.670. The summed E-state index contributed by atoms with van der Waals surface area (Å²) >= 11 is 1.50. The molecular weight excluding hydrogens is 450 g/mol. The van der Waals surface area contributed by atoms with Crippen LogP contribution in [0, 0.1) is 19.8 Å². The molecule has 1 saturated heterocycles. The van der Waals surface area contributed by atoms with Gasteiger partial charge < -0.3 is 9.64 Å². The van der Waals surface area contributed by atoms with Gasteiger partial charge in [-0.05, 0) is 45.6 Å². The number of nitrogens with zero attached hydrogens (tertiary/aromatic N) is 3. The highest BCUT2D eigenvalue weighted by Crippen LogP contribution is 2.21. The van der Waals surface area contributed by atoms with Crippen LogP contribution in [-0.2, 0) is 27.8 Å². The lowest BCUT2D eigenvalue weighted by Gasteiger charge is -2.31. The quantitative estimate of drug-likeness (QED) is 0.233. The zero-order valence-electron chi connectivity index (χ0n) is 20.6.